The Bertz CT molecular complexity index is 2590. The maximum atomic E-state index is 5.27. The molecule has 10 rings (SSSR count). The van der Waals surface area contributed by atoms with Crippen LogP contribution in [0.2, 0.25) is 0 Å². The van der Waals surface area contributed by atoms with Crippen molar-refractivity contribution in [1.29, 1.82) is 0 Å². The number of nitrogens with zero attached hydrogens (tertiary/aromatic N) is 8. The van der Waals surface area contributed by atoms with Gasteiger partial charge in [0.2, 0.25) is 0 Å². The summed E-state index contributed by atoms with van der Waals surface area (Å²) in [5.41, 5.74) is 14.2. The average molecular weight is 655 g/mol. The first-order valence-electron chi connectivity index (χ1n) is 15.4. The van der Waals surface area contributed by atoms with Gasteiger partial charge in [-0.15, -0.1) is 0 Å². The monoisotopic (exact) mass is 654 g/mol. The molecule has 48 heavy (non-hydrogen) atoms. The van der Waals surface area contributed by atoms with Crippen LogP contribution in [0.5, 0.6) is 0 Å². The van der Waals surface area contributed by atoms with Crippen molar-refractivity contribution in [2.24, 2.45) is 0 Å². The van der Waals surface area contributed by atoms with Crippen LogP contribution in [-0.4, -0.2) is 27.5 Å². The van der Waals surface area contributed by atoms with Gasteiger partial charge in [0.05, 0.1) is 57.6 Å². The molecule has 1 aliphatic heterocycles. The number of benzene rings is 6. The van der Waals surface area contributed by atoms with Crippen molar-refractivity contribution < 1.29 is 0 Å². The summed E-state index contributed by atoms with van der Waals surface area (Å²) in [6.45, 7) is 0. The van der Waals surface area contributed by atoms with Crippen molar-refractivity contribution in [2.45, 2.75) is 0 Å². The van der Waals surface area contributed by atoms with Crippen LogP contribution in [-0.2, 0) is 0 Å². The summed E-state index contributed by atoms with van der Waals surface area (Å²) in [4.78, 5) is 15.1. The van der Waals surface area contributed by atoms with Gasteiger partial charge in [0.15, 0.2) is 0 Å². The molecule has 0 spiro atoms. The Balaban J connectivity index is 1.15. The maximum absolute atomic E-state index is 5.27. The van der Waals surface area contributed by atoms with Gasteiger partial charge in [-0.25, -0.2) is 9.97 Å². The van der Waals surface area contributed by atoms with Gasteiger partial charge in [0, 0.05) is 22.5 Å². The van der Waals surface area contributed by atoms with Crippen LogP contribution < -0.4 is 9.80 Å². The summed E-state index contributed by atoms with van der Waals surface area (Å²) in [7, 11) is 0. The molecular formula is C38H22N8S2. The Morgan fingerprint density at radius 2 is 0.688 bits per heavy atom. The highest BCUT2D eigenvalue weighted by Gasteiger charge is 2.30. The van der Waals surface area contributed by atoms with Gasteiger partial charge in [0.1, 0.15) is 33.1 Å². The van der Waals surface area contributed by atoms with E-state index < -0.39 is 0 Å². The second kappa shape index (κ2) is 10.7. The quantitative estimate of drug-likeness (QED) is 0.185. The van der Waals surface area contributed by atoms with E-state index in [1.165, 1.54) is 0 Å². The maximum Gasteiger partial charge on any atom is 0.136 e. The van der Waals surface area contributed by atoms with E-state index in [1.54, 1.807) is 0 Å². The fourth-order valence-electron chi connectivity index (χ4n) is 6.61. The van der Waals surface area contributed by atoms with Crippen molar-refractivity contribution in [1.82, 2.24) is 27.5 Å². The second-order valence-corrected chi connectivity index (χ2v) is 12.5. The third kappa shape index (κ3) is 4.06. The molecular weight excluding hydrogens is 633 g/mol. The Hall–Kier alpha value is -6.10. The molecule has 10 heteroatoms. The molecule has 4 heterocycles. The number of hydrogen-bond acceptors (Lipinski definition) is 10. The third-order valence-electron chi connectivity index (χ3n) is 8.73. The lowest BCUT2D eigenvalue weighted by Crippen LogP contribution is -2.23. The zero-order chi connectivity index (χ0) is 31.6. The highest BCUT2D eigenvalue weighted by molar-refractivity contribution is 7.01. The van der Waals surface area contributed by atoms with Crippen molar-refractivity contribution in [2.75, 3.05) is 9.80 Å². The van der Waals surface area contributed by atoms with E-state index in [4.69, 9.17) is 9.97 Å². The Kier molecular flexibility index (Phi) is 6.05. The van der Waals surface area contributed by atoms with Gasteiger partial charge in [-0.2, -0.15) is 17.5 Å². The molecule has 0 amide bonds. The van der Waals surface area contributed by atoms with Crippen LogP contribution >= 0.6 is 23.5 Å². The first kappa shape index (κ1) is 27.1. The predicted molar refractivity (Wildman–Crippen MR) is 195 cm³/mol. The second-order valence-electron chi connectivity index (χ2n) is 11.4. The molecule has 0 saturated heterocycles. The molecule has 8 nitrogen and oxygen atoms in total. The topological polar surface area (TPSA) is 83.8 Å². The van der Waals surface area contributed by atoms with Gasteiger partial charge in [-0.1, -0.05) is 84.9 Å². The molecule has 0 atom stereocenters. The summed E-state index contributed by atoms with van der Waals surface area (Å²) < 4.78 is 18.3. The first-order valence-corrected chi connectivity index (χ1v) is 16.9. The number of fused-ring (bicyclic) bond motifs is 8. The van der Waals surface area contributed by atoms with Gasteiger partial charge in [0.25, 0.3) is 0 Å². The van der Waals surface area contributed by atoms with Crippen LogP contribution in [0.4, 0.5) is 34.1 Å². The molecule has 0 fully saturated rings. The molecule has 0 saturated carbocycles. The molecule has 1 aliphatic rings. The standard InChI is InChI=1S/C38H22N8S2/c1-3-11-23(12-4-1)31-32(40-34-33(39-31)35-37(43-47-41-35)38-36(34)42-48-44-38)24-19-21-26(22-20-24)46-29-17-9-7-15-27(29)45(25-13-5-2-6-14-25)28-16-8-10-18-30(28)46/h1-22H. The van der Waals surface area contributed by atoms with E-state index >= 15 is 0 Å². The molecule has 0 unspecified atom stereocenters. The van der Waals surface area contributed by atoms with E-state index in [0.717, 1.165) is 85.6 Å². The number of aromatic nitrogens is 6. The van der Waals surface area contributed by atoms with Gasteiger partial charge in [-0.05, 0) is 48.5 Å². The number of para-hydroxylation sites is 5. The molecule has 0 bridgehead atoms. The molecule has 3 aromatic heterocycles. The third-order valence-corrected chi connectivity index (χ3v) is 9.79. The molecule has 0 N–H and O–H groups in total. The average Bonchev–Trinajstić information content (AvgIpc) is 3.85. The molecule has 9 aromatic rings. The summed E-state index contributed by atoms with van der Waals surface area (Å²) in [6.07, 6.45) is 0. The van der Waals surface area contributed by atoms with Gasteiger partial charge >= 0.3 is 0 Å². The molecule has 0 aliphatic carbocycles. The summed E-state index contributed by atoms with van der Waals surface area (Å²) >= 11 is 2.31. The SMILES string of the molecule is c1ccc(-c2nc3c4nsnc4c4nsnc4c3nc2-c2ccc(N3c4ccccc4N(c4ccccc4)c4ccccc43)cc2)cc1. The van der Waals surface area contributed by atoms with Crippen LogP contribution in [0.1, 0.15) is 0 Å². The first-order chi connectivity index (χ1) is 23.8. The fraction of sp³-hybridized carbons (Fsp3) is 0. The smallest absolute Gasteiger partial charge is 0.136 e. The molecule has 0 radical (unpaired) electrons. The summed E-state index contributed by atoms with van der Waals surface area (Å²) in [6, 6.07) is 46.4. The highest BCUT2D eigenvalue weighted by atomic mass is 32.1. The van der Waals surface area contributed by atoms with Gasteiger partial charge < -0.3 is 9.80 Å². The minimum Gasteiger partial charge on any atom is -0.306 e. The number of anilines is 6. The lowest BCUT2D eigenvalue weighted by atomic mass is 10.0. The van der Waals surface area contributed by atoms with Crippen LogP contribution in [0.15, 0.2) is 133 Å². The normalized spacial score (nSPS) is 12.5. The number of rotatable bonds is 4. The van der Waals surface area contributed by atoms with E-state index in [0.29, 0.717) is 27.6 Å². The molecule has 226 valence electrons. The Labute approximate surface area is 282 Å². The summed E-state index contributed by atoms with van der Waals surface area (Å²) in [5, 5.41) is 0. The largest absolute Gasteiger partial charge is 0.306 e. The number of hydrogen-bond donors (Lipinski definition) is 0. The Morgan fingerprint density at radius 1 is 0.333 bits per heavy atom. The van der Waals surface area contributed by atoms with Crippen LogP contribution in [0.25, 0.3) is 55.6 Å². The van der Waals surface area contributed by atoms with E-state index in [1.807, 2.05) is 18.2 Å². The fourth-order valence-corrected chi connectivity index (χ4v) is 7.71. The van der Waals surface area contributed by atoms with E-state index in [9.17, 15) is 0 Å². The van der Waals surface area contributed by atoms with Crippen LogP contribution in [0.3, 0.4) is 0 Å². The lowest BCUT2D eigenvalue weighted by molar-refractivity contribution is 1.17. The lowest BCUT2D eigenvalue weighted by Gasteiger charge is -2.40. The van der Waals surface area contributed by atoms with Crippen molar-refractivity contribution >= 4 is 90.7 Å². The van der Waals surface area contributed by atoms with Crippen LogP contribution in [0, 0.1) is 0 Å². The minimum atomic E-state index is 0.678. The van der Waals surface area contributed by atoms with Crippen molar-refractivity contribution in [3.63, 3.8) is 0 Å². The zero-order valence-corrected chi connectivity index (χ0v) is 26.7. The molecule has 6 aromatic carbocycles. The van der Waals surface area contributed by atoms with Crippen molar-refractivity contribution in [3.8, 4) is 22.5 Å². The summed E-state index contributed by atoms with van der Waals surface area (Å²) in [5.74, 6) is 0. The van der Waals surface area contributed by atoms with Crippen molar-refractivity contribution in [3.05, 3.63) is 133 Å². The van der Waals surface area contributed by atoms with Gasteiger partial charge in [-0.3, -0.25) is 0 Å². The zero-order valence-electron chi connectivity index (χ0n) is 25.1. The van der Waals surface area contributed by atoms with E-state index in [-0.39, 0.29) is 0 Å². The minimum absolute atomic E-state index is 0.678. The highest BCUT2D eigenvalue weighted by Crippen LogP contribution is 2.54. The Morgan fingerprint density at radius 3 is 1.15 bits per heavy atom. The predicted octanol–water partition coefficient (Wildman–Crippen LogP) is 10.2. The van der Waals surface area contributed by atoms with E-state index in [2.05, 4.69) is 143 Å².